The van der Waals surface area contributed by atoms with Crippen LogP contribution in [0.2, 0.25) is 0 Å². The molecule has 0 saturated carbocycles. The van der Waals surface area contributed by atoms with E-state index >= 15 is 0 Å². The number of hydrogen-bond acceptors (Lipinski definition) is 5. The first-order valence-electron chi connectivity index (χ1n) is 9.02. The molecule has 0 N–H and O–H groups in total. The Morgan fingerprint density at radius 1 is 1.15 bits per heavy atom. The van der Waals surface area contributed by atoms with Crippen LogP contribution >= 0.6 is 11.3 Å². The summed E-state index contributed by atoms with van der Waals surface area (Å²) in [5, 5.41) is 0. The fourth-order valence-electron chi connectivity index (χ4n) is 3.58. The normalized spacial score (nSPS) is 20.1. The maximum atomic E-state index is 14.0. The van der Waals surface area contributed by atoms with Crippen LogP contribution in [-0.2, 0) is 4.74 Å². The van der Waals surface area contributed by atoms with Crippen LogP contribution in [0.25, 0.3) is 0 Å². The number of carbonyl (C=O) groups excluding carboxylic acids is 2. The van der Waals surface area contributed by atoms with Crippen molar-refractivity contribution in [3.8, 4) is 0 Å². The van der Waals surface area contributed by atoms with Gasteiger partial charge >= 0.3 is 0 Å². The number of amides is 2. The van der Waals surface area contributed by atoms with Gasteiger partial charge in [0.25, 0.3) is 11.8 Å². The zero-order valence-corrected chi connectivity index (χ0v) is 15.6. The maximum Gasteiger partial charge on any atom is 0.264 e. The van der Waals surface area contributed by atoms with Crippen LogP contribution in [-0.4, -0.2) is 59.4 Å². The van der Waals surface area contributed by atoms with E-state index in [1.54, 1.807) is 9.80 Å². The second-order valence-corrected chi connectivity index (χ2v) is 7.73. The Morgan fingerprint density at radius 3 is 2.74 bits per heavy atom. The number of ether oxygens (including phenoxy) is 1. The lowest BCUT2D eigenvalue weighted by Gasteiger charge is -2.26. The summed E-state index contributed by atoms with van der Waals surface area (Å²) in [5.74, 6) is -0.931. The Labute approximate surface area is 160 Å². The van der Waals surface area contributed by atoms with Crippen molar-refractivity contribution in [1.29, 1.82) is 0 Å². The molecule has 2 aromatic heterocycles. The van der Waals surface area contributed by atoms with Crippen molar-refractivity contribution in [2.75, 3.05) is 32.8 Å². The molecular formula is C19H20FN3O3S. The van der Waals surface area contributed by atoms with Crippen LogP contribution in [0.15, 0.2) is 30.6 Å². The summed E-state index contributed by atoms with van der Waals surface area (Å²) in [7, 11) is 0. The molecule has 2 saturated heterocycles. The number of likely N-dealkylation sites (tertiary alicyclic amines) is 1. The van der Waals surface area contributed by atoms with E-state index in [1.165, 1.54) is 23.6 Å². The SMILES string of the molecule is O=C(c1ccc(C2CCCN2C(=O)c2ccncc2F)s1)N1CCOCC1. The number of nitrogens with zero attached hydrogens (tertiary/aromatic N) is 3. The monoisotopic (exact) mass is 389 g/mol. The maximum absolute atomic E-state index is 14.0. The molecule has 6 nitrogen and oxygen atoms in total. The molecule has 0 aromatic carbocycles. The number of rotatable bonds is 3. The highest BCUT2D eigenvalue weighted by atomic mass is 32.1. The fraction of sp³-hybridized carbons (Fsp3) is 0.421. The first-order valence-corrected chi connectivity index (χ1v) is 9.84. The number of halogens is 1. The highest BCUT2D eigenvalue weighted by Gasteiger charge is 2.33. The van der Waals surface area contributed by atoms with E-state index in [0.717, 1.165) is 23.9 Å². The van der Waals surface area contributed by atoms with Gasteiger partial charge in [0, 0.05) is 30.7 Å². The number of thiophene rings is 1. The summed E-state index contributed by atoms with van der Waals surface area (Å²) in [6, 6.07) is 5.03. The van der Waals surface area contributed by atoms with Crippen molar-refractivity contribution < 1.29 is 18.7 Å². The third-order valence-electron chi connectivity index (χ3n) is 4.98. The van der Waals surface area contributed by atoms with E-state index in [-0.39, 0.29) is 23.4 Å². The van der Waals surface area contributed by atoms with Crippen LogP contribution in [0.4, 0.5) is 4.39 Å². The predicted molar refractivity (Wildman–Crippen MR) is 98.2 cm³/mol. The van der Waals surface area contributed by atoms with Crippen LogP contribution < -0.4 is 0 Å². The average molecular weight is 389 g/mol. The molecular weight excluding hydrogens is 369 g/mol. The van der Waals surface area contributed by atoms with Gasteiger partial charge in [-0.25, -0.2) is 4.39 Å². The van der Waals surface area contributed by atoms with Gasteiger partial charge in [0.1, 0.15) is 0 Å². The molecule has 0 radical (unpaired) electrons. The number of carbonyl (C=O) groups is 2. The van der Waals surface area contributed by atoms with Crippen LogP contribution in [0.1, 0.15) is 43.8 Å². The van der Waals surface area contributed by atoms with Gasteiger partial charge < -0.3 is 14.5 Å². The molecule has 2 aliphatic rings. The van der Waals surface area contributed by atoms with Gasteiger partial charge in [0.15, 0.2) is 5.82 Å². The van der Waals surface area contributed by atoms with Gasteiger partial charge in [0.05, 0.1) is 35.9 Å². The minimum atomic E-state index is -0.609. The summed E-state index contributed by atoms with van der Waals surface area (Å²) < 4.78 is 19.3. The van der Waals surface area contributed by atoms with Gasteiger partial charge in [-0.3, -0.25) is 14.6 Å². The van der Waals surface area contributed by atoms with Crippen molar-refractivity contribution in [3.63, 3.8) is 0 Å². The highest BCUT2D eigenvalue weighted by molar-refractivity contribution is 7.14. The number of morpholine rings is 1. The standard InChI is InChI=1S/C19H20FN3O3S/c20-14-12-21-6-5-13(14)18(24)23-7-1-2-15(23)16-3-4-17(27-16)19(25)22-8-10-26-11-9-22/h3-6,12,15H,1-2,7-11H2. The first kappa shape index (κ1) is 18.1. The predicted octanol–water partition coefficient (Wildman–Crippen LogP) is 2.73. The molecule has 1 atom stereocenters. The van der Waals surface area contributed by atoms with E-state index < -0.39 is 5.82 Å². The Morgan fingerprint density at radius 2 is 1.96 bits per heavy atom. The largest absolute Gasteiger partial charge is 0.378 e. The Kier molecular flexibility index (Phi) is 5.18. The van der Waals surface area contributed by atoms with E-state index in [2.05, 4.69) is 4.98 Å². The molecule has 0 aliphatic carbocycles. The average Bonchev–Trinajstić information content (AvgIpc) is 3.37. The lowest BCUT2D eigenvalue weighted by molar-refractivity contribution is 0.0306. The van der Waals surface area contributed by atoms with E-state index in [0.29, 0.717) is 37.7 Å². The molecule has 142 valence electrons. The second-order valence-electron chi connectivity index (χ2n) is 6.62. The van der Waals surface area contributed by atoms with Gasteiger partial charge in [-0.15, -0.1) is 11.3 Å². The van der Waals surface area contributed by atoms with E-state index in [9.17, 15) is 14.0 Å². The van der Waals surface area contributed by atoms with Crippen molar-refractivity contribution >= 4 is 23.2 Å². The number of hydrogen-bond donors (Lipinski definition) is 0. The Bertz CT molecular complexity index is 850. The van der Waals surface area contributed by atoms with Crippen LogP contribution in [0, 0.1) is 5.82 Å². The molecule has 4 rings (SSSR count). The smallest absolute Gasteiger partial charge is 0.264 e. The molecule has 1 unspecified atom stereocenters. The van der Waals surface area contributed by atoms with Gasteiger partial charge in [0.2, 0.25) is 0 Å². The molecule has 8 heteroatoms. The molecule has 2 aliphatic heterocycles. The minimum Gasteiger partial charge on any atom is -0.378 e. The summed E-state index contributed by atoms with van der Waals surface area (Å²) in [6.45, 7) is 2.90. The van der Waals surface area contributed by atoms with Crippen molar-refractivity contribution in [2.24, 2.45) is 0 Å². The third-order valence-corrected chi connectivity index (χ3v) is 6.16. The van der Waals surface area contributed by atoms with Crippen molar-refractivity contribution in [2.45, 2.75) is 18.9 Å². The third kappa shape index (κ3) is 3.59. The fourth-order valence-corrected chi connectivity index (χ4v) is 4.70. The van der Waals surface area contributed by atoms with Gasteiger partial charge in [-0.1, -0.05) is 0 Å². The molecule has 0 spiro atoms. The van der Waals surface area contributed by atoms with Crippen LogP contribution in [0.3, 0.4) is 0 Å². The number of aromatic nitrogens is 1. The lowest BCUT2D eigenvalue weighted by atomic mass is 10.1. The minimum absolute atomic E-state index is 0.00519. The van der Waals surface area contributed by atoms with Gasteiger partial charge in [-0.2, -0.15) is 0 Å². The number of pyridine rings is 1. The zero-order valence-electron chi connectivity index (χ0n) is 14.8. The summed E-state index contributed by atoms with van der Waals surface area (Å²) >= 11 is 1.42. The Balaban J connectivity index is 1.53. The zero-order chi connectivity index (χ0) is 18.8. The molecule has 2 amide bonds. The summed E-state index contributed by atoms with van der Waals surface area (Å²) in [5.41, 5.74) is 0.0399. The molecule has 4 heterocycles. The van der Waals surface area contributed by atoms with Crippen LogP contribution in [0.5, 0.6) is 0 Å². The first-order chi connectivity index (χ1) is 13.1. The topological polar surface area (TPSA) is 62.7 Å². The highest BCUT2D eigenvalue weighted by Crippen LogP contribution is 2.37. The molecule has 27 heavy (non-hydrogen) atoms. The molecule has 2 aromatic rings. The van der Waals surface area contributed by atoms with E-state index in [4.69, 9.17) is 4.74 Å². The quantitative estimate of drug-likeness (QED) is 0.810. The summed E-state index contributed by atoms with van der Waals surface area (Å²) in [6.07, 6.45) is 4.14. The molecule has 0 bridgehead atoms. The summed E-state index contributed by atoms with van der Waals surface area (Å²) in [4.78, 5) is 34.3. The van der Waals surface area contributed by atoms with Gasteiger partial charge in [-0.05, 0) is 31.0 Å². The van der Waals surface area contributed by atoms with E-state index in [1.807, 2.05) is 12.1 Å². The Hall–Kier alpha value is -2.32. The van der Waals surface area contributed by atoms with Crippen molar-refractivity contribution in [1.82, 2.24) is 14.8 Å². The lowest BCUT2D eigenvalue weighted by Crippen LogP contribution is -2.40. The van der Waals surface area contributed by atoms with Crippen molar-refractivity contribution in [3.05, 3.63) is 51.7 Å². The second kappa shape index (κ2) is 7.74. The molecule has 2 fully saturated rings.